The molecule has 0 bridgehead atoms. The fourth-order valence-electron chi connectivity index (χ4n) is 2.34. The topological polar surface area (TPSA) is 29.9 Å². The van der Waals surface area contributed by atoms with E-state index in [4.69, 9.17) is 0 Å². The Morgan fingerprint density at radius 1 is 1.27 bits per heavy atom. The minimum atomic E-state index is 0.946. The van der Waals surface area contributed by atoms with E-state index in [1.54, 1.807) is 0 Å². The molecule has 3 nitrogen and oxygen atoms in total. The van der Waals surface area contributed by atoms with E-state index >= 15 is 0 Å². The van der Waals surface area contributed by atoms with Crippen LogP contribution < -0.4 is 5.32 Å². The van der Waals surface area contributed by atoms with Gasteiger partial charge < -0.3 is 9.88 Å². The molecule has 0 aliphatic heterocycles. The molecule has 0 saturated heterocycles. The van der Waals surface area contributed by atoms with Gasteiger partial charge in [0.05, 0.1) is 5.69 Å². The van der Waals surface area contributed by atoms with Crippen LogP contribution in [-0.2, 0) is 6.54 Å². The number of nitrogens with one attached hydrogen (secondary N) is 1. The quantitative estimate of drug-likeness (QED) is 0.370. The largest absolute Gasteiger partial charge is 0.335 e. The average Bonchev–Trinajstić information content (AvgIpc) is 2.88. The molecule has 3 heteroatoms. The van der Waals surface area contributed by atoms with Gasteiger partial charge in [0.2, 0.25) is 0 Å². The number of hydrogen-bond acceptors (Lipinski definition) is 2. The van der Waals surface area contributed by atoms with E-state index in [0.717, 1.165) is 36.6 Å². The highest BCUT2D eigenvalue weighted by atomic mass is 15.1. The lowest BCUT2D eigenvalue weighted by Gasteiger charge is -2.04. The van der Waals surface area contributed by atoms with Gasteiger partial charge in [-0.2, -0.15) is 0 Å². The molecular formula is C19H31N3. The monoisotopic (exact) mass is 301 g/mol. The summed E-state index contributed by atoms with van der Waals surface area (Å²) < 4.78 is 2.25. The lowest BCUT2D eigenvalue weighted by molar-refractivity contribution is 0.556. The third-order valence-corrected chi connectivity index (χ3v) is 3.71. The highest BCUT2D eigenvalue weighted by molar-refractivity contribution is 5.69. The molecule has 0 radical (unpaired) electrons. The maximum atomic E-state index is 4.62. The second-order valence-electron chi connectivity index (χ2n) is 5.62. The van der Waals surface area contributed by atoms with Crippen LogP contribution in [0, 0.1) is 6.92 Å². The number of nitrogens with zero attached hydrogens (tertiary/aromatic N) is 2. The number of aryl methyl sites for hydroxylation is 2. The number of unbranched alkanes of at least 4 members (excludes halogenated alkanes) is 3. The van der Waals surface area contributed by atoms with Gasteiger partial charge in [-0.25, -0.2) is 4.98 Å². The molecular weight excluding hydrogens is 270 g/mol. The molecule has 0 aliphatic rings. The molecule has 1 N–H and O–H groups in total. The van der Waals surface area contributed by atoms with Crippen molar-refractivity contribution in [3.05, 3.63) is 48.6 Å². The van der Waals surface area contributed by atoms with Crippen molar-refractivity contribution in [2.75, 3.05) is 13.6 Å². The molecule has 0 spiro atoms. The first kappa shape index (κ1) is 18.4. The highest BCUT2D eigenvalue weighted by Crippen LogP contribution is 2.15. The van der Waals surface area contributed by atoms with Gasteiger partial charge in [0.1, 0.15) is 5.82 Å². The fraction of sp³-hybridized carbons (Fsp3) is 0.526. The molecule has 0 aromatic carbocycles. The van der Waals surface area contributed by atoms with E-state index in [2.05, 4.69) is 58.9 Å². The van der Waals surface area contributed by atoms with Crippen LogP contribution in [0.1, 0.15) is 50.5 Å². The summed E-state index contributed by atoms with van der Waals surface area (Å²) in [5.41, 5.74) is 1.98. The van der Waals surface area contributed by atoms with Crippen LogP contribution >= 0.6 is 0 Å². The van der Waals surface area contributed by atoms with E-state index in [-0.39, 0.29) is 0 Å². The maximum Gasteiger partial charge on any atom is 0.106 e. The second kappa shape index (κ2) is 11.0. The number of allylic oxidation sites excluding steroid dienone is 5. The predicted molar refractivity (Wildman–Crippen MR) is 97.0 cm³/mol. The average molecular weight is 301 g/mol. The van der Waals surface area contributed by atoms with Gasteiger partial charge in [-0.3, -0.25) is 0 Å². The van der Waals surface area contributed by atoms with Crippen LogP contribution in [0.25, 0.3) is 5.57 Å². The standard InChI is InChI=1S/C19H31N3/c1-5-6-7-10-13-17(2)19-16-22(18(3)21-19)15-12-9-8-11-14-20-4/h5-6,10,13,16,20H,2,7-9,11-12,14-15H2,1,3-4H3/b6-5-,13-10-. The summed E-state index contributed by atoms with van der Waals surface area (Å²) in [5.74, 6) is 1.08. The third-order valence-electron chi connectivity index (χ3n) is 3.71. The van der Waals surface area contributed by atoms with Gasteiger partial charge in [-0.15, -0.1) is 0 Å². The smallest absolute Gasteiger partial charge is 0.106 e. The van der Waals surface area contributed by atoms with Crippen LogP contribution in [0.5, 0.6) is 0 Å². The van der Waals surface area contributed by atoms with E-state index in [1.807, 2.05) is 14.0 Å². The molecule has 0 amide bonds. The Hall–Kier alpha value is -1.61. The minimum Gasteiger partial charge on any atom is -0.335 e. The summed E-state index contributed by atoms with van der Waals surface area (Å²) in [6.45, 7) is 10.4. The Bertz CT molecular complexity index is 495. The zero-order valence-electron chi connectivity index (χ0n) is 14.4. The summed E-state index contributed by atoms with van der Waals surface area (Å²) in [4.78, 5) is 4.62. The van der Waals surface area contributed by atoms with Crippen molar-refractivity contribution in [3.8, 4) is 0 Å². The summed E-state index contributed by atoms with van der Waals surface area (Å²) in [7, 11) is 2.01. The zero-order chi connectivity index (χ0) is 16.2. The van der Waals surface area contributed by atoms with Crippen LogP contribution in [0.15, 0.2) is 37.1 Å². The molecule has 0 saturated carbocycles. The van der Waals surface area contributed by atoms with Crippen molar-refractivity contribution in [1.82, 2.24) is 14.9 Å². The molecule has 22 heavy (non-hydrogen) atoms. The SMILES string of the molecule is C=C(/C=C\C/C=C\C)c1cn(CCCCCCNC)c(C)n1. The second-order valence-corrected chi connectivity index (χ2v) is 5.62. The van der Waals surface area contributed by atoms with Gasteiger partial charge in [0.15, 0.2) is 0 Å². The molecule has 0 fully saturated rings. The van der Waals surface area contributed by atoms with Crippen LogP contribution in [0.2, 0.25) is 0 Å². The Morgan fingerprint density at radius 2 is 2.05 bits per heavy atom. The normalized spacial score (nSPS) is 11.8. The van der Waals surface area contributed by atoms with Crippen LogP contribution in [0.4, 0.5) is 0 Å². The lowest BCUT2D eigenvalue weighted by atomic mass is 10.2. The zero-order valence-corrected chi connectivity index (χ0v) is 14.4. The van der Waals surface area contributed by atoms with Crippen molar-refractivity contribution in [1.29, 1.82) is 0 Å². The van der Waals surface area contributed by atoms with E-state index in [9.17, 15) is 0 Å². The van der Waals surface area contributed by atoms with Crippen molar-refractivity contribution in [3.63, 3.8) is 0 Å². The number of imidazole rings is 1. The predicted octanol–water partition coefficient (Wildman–Crippen LogP) is 4.51. The summed E-state index contributed by atoms with van der Waals surface area (Å²) >= 11 is 0. The highest BCUT2D eigenvalue weighted by Gasteiger charge is 2.05. The Labute approximate surface area is 135 Å². The first-order valence-corrected chi connectivity index (χ1v) is 8.34. The number of rotatable bonds is 11. The van der Waals surface area contributed by atoms with Crippen molar-refractivity contribution >= 4 is 5.57 Å². The van der Waals surface area contributed by atoms with Crippen LogP contribution in [-0.4, -0.2) is 23.1 Å². The molecule has 1 heterocycles. The molecule has 0 atom stereocenters. The molecule has 0 aliphatic carbocycles. The van der Waals surface area contributed by atoms with Gasteiger partial charge >= 0.3 is 0 Å². The molecule has 1 aromatic heterocycles. The molecule has 1 aromatic rings. The summed E-state index contributed by atoms with van der Waals surface area (Å²) in [6, 6.07) is 0. The third kappa shape index (κ3) is 6.90. The van der Waals surface area contributed by atoms with Crippen molar-refractivity contribution in [2.45, 2.75) is 52.5 Å². The van der Waals surface area contributed by atoms with Crippen LogP contribution in [0.3, 0.4) is 0 Å². The van der Waals surface area contributed by atoms with Crippen molar-refractivity contribution in [2.24, 2.45) is 0 Å². The maximum absolute atomic E-state index is 4.62. The Balaban J connectivity index is 2.42. The summed E-state index contributed by atoms with van der Waals surface area (Å²) in [6.07, 6.45) is 16.5. The fourth-order valence-corrected chi connectivity index (χ4v) is 2.34. The number of aromatic nitrogens is 2. The van der Waals surface area contributed by atoms with Gasteiger partial charge in [0, 0.05) is 12.7 Å². The first-order valence-electron chi connectivity index (χ1n) is 8.34. The van der Waals surface area contributed by atoms with Gasteiger partial charge in [-0.05, 0) is 52.3 Å². The number of hydrogen-bond donors (Lipinski definition) is 1. The van der Waals surface area contributed by atoms with Gasteiger partial charge in [0.25, 0.3) is 0 Å². The molecule has 1 rings (SSSR count). The van der Waals surface area contributed by atoms with E-state index in [0.29, 0.717) is 0 Å². The Morgan fingerprint density at radius 3 is 2.77 bits per heavy atom. The molecule has 122 valence electrons. The van der Waals surface area contributed by atoms with E-state index in [1.165, 1.54) is 25.7 Å². The van der Waals surface area contributed by atoms with E-state index < -0.39 is 0 Å². The summed E-state index contributed by atoms with van der Waals surface area (Å²) in [5, 5.41) is 3.19. The minimum absolute atomic E-state index is 0.946. The van der Waals surface area contributed by atoms with Crippen molar-refractivity contribution < 1.29 is 0 Å². The Kier molecular flexibility index (Phi) is 9.24. The van der Waals surface area contributed by atoms with Gasteiger partial charge in [-0.1, -0.05) is 43.7 Å². The lowest BCUT2D eigenvalue weighted by Crippen LogP contribution is -2.07. The molecule has 0 unspecified atom stereocenters. The first-order chi connectivity index (χ1) is 10.7.